The second-order valence-corrected chi connectivity index (χ2v) is 8.81. The molecular weight excluding hydrogens is 475 g/mol. The monoisotopic (exact) mass is 498 g/mol. The number of anilines is 1. The van der Waals surface area contributed by atoms with Crippen molar-refractivity contribution in [2.24, 2.45) is 12.8 Å². The molecule has 35 heavy (non-hydrogen) atoms. The highest BCUT2D eigenvalue weighted by molar-refractivity contribution is 7.98. The molecule has 3 aromatic rings. The van der Waals surface area contributed by atoms with Crippen LogP contribution in [-0.2, 0) is 22.4 Å². The van der Waals surface area contributed by atoms with Gasteiger partial charge in [0, 0.05) is 25.1 Å². The minimum absolute atomic E-state index is 0.0380. The van der Waals surface area contributed by atoms with Crippen LogP contribution in [0.1, 0.15) is 29.0 Å². The average Bonchev–Trinajstić information content (AvgIpc) is 2.84. The third-order valence-electron chi connectivity index (χ3n) is 5.58. The number of hydrogen-bond acceptors (Lipinski definition) is 7. The van der Waals surface area contributed by atoms with Crippen LogP contribution in [0.4, 0.5) is 10.2 Å². The van der Waals surface area contributed by atoms with E-state index in [0.29, 0.717) is 39.2 Å². The molecule has 0 fully saturated rings. The summed E-state index contributed by atoms with van der Waals surface area (Å²) < 4.78 is 26.4. The van der Waals surface area contributed by atoms with Gasteiger partial charge in [0.15, 0.2) is 23.3 Å². The fourth-order valence-electron chi connectivity index (χ4n) is 3.88. The highest BCUT2D eigenvalue weighted by atomic mass is 32.2. The number of ether oxygens (including phenoxy) is 2. The quantitative estimate of drug-likeness (QED) is 0.361. The number of rotatable bonds is 8. The zero-order valence-electron chi connectivity index (χ0n) is 19.0. The third kappa shape index (κ3) is 5.14. The number of methoxy groups -OCH3 is 1. The van der Waals surface area contributed by atoms with E-state index in [-0.39, 0.29) is 30.5 Å². The van der Waals surface area contributed by atoms with Crippen molar-refractivity contribution in [3.63, 3.8) is 0 Å². The number of aromatic nitrogens is 2. The summed E-state index contributed by atoms with van der Waals surface area (Å²) in [6.45, 7) is -0.317. The van der Waals surface area contributed by atoms with Gasteiger partial charge in [-0.15, -0.1) is 0 Å². The first kappa shape index (κ1) is 24.3. The van der Waals surface area contributed by atoms with Gasteiger partial charge in [0.2, 0.25) is 5.91 Å². The van der Waals surface area contributed by atoms with Gasteiger partial charge < -0.3 is 25.1 Å². The third-order valence-corrected chi connectivity index (χ3v) is 6.65. The topological polar surface area (TPSA) is 126 Å². The van der Waals surface area contributed by atoms with E-state index in [1.807, 2.05) is 0 Å². The van der Waals surface area contributed by atoms with Gasteiger partial charge in [0.05, 0.1) is 12.7 Å². The summed E-state index contributed by atoms with van der Waals surface area (Å²) in [7, 11) is 3.14. The maximum atomic E-state index is 14.0. The van der Waals surface area contributed by atoms with Crippen LogP contribution in [0.3, 0.4) is 0 Å². The Kier molecular flexibility index (Phi) is 7.06. The lowest BCUT2D eigenvalue weighted by Crippen LogP contribution is -2.33. The van der Waals surface area contributed by atoms with E-state index in [1.165, 1.54) is 24.9 Å². The number of benzene rings is 2. The second-order valence-electron chi connectivity index (χ2n) is 7.87. The highest BCUT2D eigenvalue weighted by Gasteiger charge is 2.32. The molecule has 1 aliphatic rings. The van der Waals surface area contributed by atoms with Crippen LogP contribution in [0.25, 0.3) is 0 Å². The summed E-state index contributed by atoms with van der Waals surface area (Å²) in [6, 6.07) is 11.3. The van der Waals surface area contributed by atoms with Gasteiger partial charge in [-0.05, 0) is 29.3 Å². The molecule has 0 spiro atoms. The molecule has 3 N–H and O–H groups in total. The van der Waals surface area contributed by atoms with Crippen LogP contribution in [0.5, 0.6) is 11.5 Å². The predicted molar refractivity (Wildman–Crippen MR) is 128 cm³/mol. The molecular formula is C24H23FN4O5S. The Morgan fingerprint density at radius 3 is 2.74 bits per heavy atom. The summed E-state index contributed by atoms with van der Waals surface area (Å²) in [4.78, 5) is 41.0. The van der Waals surface area contributed by atoms with Crippen molar-refractivity contribution in [1.29, 1.82) is 0 Å². The second kappa shape index (κ2) is 10.2. The van der Waals surface area contributed by atoms with Gasteiger partial charge in [-0.2, -0.15) is 4.98 Å². The van der Waals surface area contributed by atoms with Gasteiger partial charge in [-0.25, -0.2) is 4.39 Å². The van der Waals surface area contributed by atoms with E-state index in [9.17, 15) is 18.8 Å². The van der Waals surface area contributed by atoms with Gasteiger partial charge in [0.25, 0.3) is 11.5 Å². The van der Waals surface area contributed by atoms with Crippen LogP contribution >= 0.6 is 11.8 Å². The van der Waals surface area contributed by atoms with E-state index in [1.54, 1.807) is 48.0 Å². The summed E-state index contributed by atoms with van der Waals surface area (Å²) in [5.74, 6) is -0.556. The number of nitrogens with two attached hydrogens (primary N) is 1. The lowest BCUT2D eigenvalue weighted by molar-refractivity contribution is -0.120. The zero-order valence-corrected chi connectivity index (χ0v) is 19.9. The summed E-state index contributed by atoms with van der Waals surface area (Å²) in [5, 5.41) is 3.13. The van der Waals surface area contributed by atoms with Gasteiger partial charge >= 0.3 is 0 Å². The first-order chi connectivity index (χ1) is 16.8. The van der Waals surface area contributed by atoms with Crippen molar-refractivity contribution in [1.82, 2.24) is 9.55 Å². The van der Waals surface area contributed by atoms with E-state index in [0.717, 1.165) is 0 Å². The Hall–Kier alpha value is -3.86. The largest absolute Gasteiger partial charge is 0.493 e. The van der Waals surface area contributed by atoms with Crippen molar-refractivity contribution in [2.75, 3.05) is 19.0 Å². The molecule has 2 heterocycles. The molecule has 0 bridgehead atoms. The number of fused-ring (bicyclic) bond motifs is 1. The smallest absolute Gasteiger partial charge is 0.279 e. The molecule has 2 aromatic carbocycles. The molecule has 1 aromatic heterocycles. The summed E-state index contributed by atoms with van der Waals surface area (Å²) in [5.41, 5.74) is 6.13. The first-order valence-corrected chi connectivity index (χ1v) is 11.6. The van der Waals surface area contributed by atoms with Crippen molar-refractivity contribution in [2.45, 2.75) is 23.2 Å². The van der Waals surface area contributed by atoms with Crippen LogP contribution < -0.4 is 26.1 Å². The Labute approximate surface area is 204 Å². The van der Waals surface area contributed by atoms with Crippen molar-refractivity contribution >= 4 is 29.4 Å². The molecule has 1 aliphatic heterocycles. The number of carbonyl (C=O) groups excluding carboxylic acids is 2. The number of hydrogen-bond donors (Lipinski definition) is 2. The molecule has 0 radical (unpaired) electrons. The van der Waals surface area contributed by atoms with Crippen molar-refractivity contribution in [3.8, 4) is 11.5 Å². The predicted octanol–water partition coefficient (Wildman–Crippen LogP) is 2.56. The van der Waals surface area contributed by atoms with E-state index in [2.05, 4.69) is 10.3 Å². The fourth-order valence-corrected chi connectivity index (χ4v) is 4.83. The van der Waals surface area contributed by atoms with Crippen molar-refractivity contribution < 1.29 is 23.5 Å². The molecule has 2 amide bonds. The molecule has 0 unspecified atom stereocenters. The minimum atomic E-state index is -0.632. The van der Waals surface area contributed by atoms with Gasteiger partial charge in [-0.3, -0.25) is 14.4 Å². The standard InChI is InChI=1S/C24H23FN4O5S/c1-29-22-21(23(32)28-24(29)35-12-14-5-3-4-6-16(14)25)15(10-20(31)27-22)13-7-8-17(18(9-13)33-2)34-11-19(26)30/h3-9,15H,10-12H2,1-2H3,(H2,26,30)(H,27,31)/t15-/m0/s1. The van der Waals surface area contributed by atoms with Crippen molar-refractivity contribution in [3.05, 3.63) is 75.3 Å². The Morgan fingerprint density at radius 1 is 1.26 bits per heavy atom. The highest BCUT2D eigenvalue weighted by Crippen LogP contribution is 2.39. The van der Waals surface area contributed by atoms with Crippen LogP contribution in [-0.4, -0.2) is 35.1 Å². The molecule has 9 nitrogen and oxygen atoms in total. The number of carbonyl (C=O) groups is 2. The van der Waals surface area contributed by atoms with E-state index >= 15 is 0 Å². The number of nitrogens with zero attached hydrogens (tertiary/aromatic N) is 2. The summed E-state index contributed by atoms with van der Waals surface area (Å²) >= 11 is 1.20. The zero-order chi connectivity index (χ0) is 25.1. The van der Waals surface area contributed by atoms with Gasteiger partial charge in [-0.1, -0.05) is 36.0 Å². The normalized spacial score (nSPS) is 14.7. The molecule has 4 rings (SSSR count). The maximum Gasteiger partial charge on any atom is 0.279 e. The Morgan fingerprint density at radius 2 is 2.03 bits per heavy atom. The molecule has 0 saturated carbocycles. The molecule has 1 atom stereocenters. The molecule has 0 saturated heterocycles. The summed E-state index contributed by atoms with van der Waals surface area (Å²) in [6.07, 6.45) is 0.0380. The van der Waals surface area contributed by atoms with E-state index in [4.69, 9.17) is 15.2 Å². The molecule has 182 valence electrons. The first-order valence-electron chi connectivity index (χ1n) is 10.6. The lowest BCUT2D eigenvalue weighted by Gasteiger charge is -2.28. The lowest BCUT2D eigenvalue weighted by atomic mass is 9.86. The Balaban J connectivity index is 1.69. The van der Waals surface area contributed by atoms with Crippen LogP contribution in [0.2, 0.25) is 0 Å². The molecule has 0 aliphatic carbocycles. The van der Waals surface area contributed by atoms with E-state index < -0.39 is 17.4 Å². The number of amides is 2. The number of primary amides is 1. The van der Waals surface area contributed by atoms with Crippen LogP contribution in [0, 0.1) is 5.82 Å². The fraction of sp³-hybridized carbons (Fsp3) is 0.250. The maximum absolute atomic E-state index is 14.0. The van der Waals surface area contributed by atoms with Crippen LogP contribution in [0.15, 0.2) is 52.4 Å². The SMILES string of the molecule is COc1cc([C@@H]2CC(=O)Nc3c2c(=O)nc(SCc2ccccc2F)n3C)ccc1OCC(N)=O. The van der Waals surface area contributed by atoms with Gasteiger partial charge in [0.1, 0.15) is 11.6 Å². The Bertz CT molecular complexity index is 1360. The minimum Gasteiger partial charge on any atom is -0.493 e. The average molecular weight is 499 g/mol. The number of nitrogens with one attached hydrogen (secondary N) is 1. The molecule has 11 heteroatoms. The number of thioether (sulfide) groups is 1. The number of halogens is 1.